The van der Waals surface area contributed by atoms with E-state index in [-0.39, 0.29) is 11.9 Å². The maximum absolute atomic E-state index is 12.4. The number of carbonyl (C=O) groups excluding carboxylic acids is 1. The third kappa shape index (κ3) is 2.33. The minimum absolute atomic E-state index is 0.0608. The van der Waals surface area contributed by atoms with Crippen LogP contribution in [0.3, 0.4) is 0 Å². The van der Waals surface area contributed by atoms with Crippen molar-refractivity contribution in [3.8, 4) is 0 Å². The van der Waals surface area contributed by atoms with Crippen molar-refractivity contribution in [3.63, 3.8) is 0 Å². The van der Waals surface area contributed by atoms with E-state index in [1.807, 2.05) is 12.1 Å². The van der Waals surface area contributed by atoms with Crippen molar-refractivity contribution in [3.05, 3.63) is 35.0 Å². The van der Waals surface area contributed by atoms with Crippen molar-refractivity contribution >= 4 is 28.5 Å². The van der Waals surface area contributed by atoms with Crippen LogP contribution < -0.4 is 5.73 Å². The summed E-state index contributed by atoms with van der Waals surface area (Å²) in [6, 6.07) is 7.27. The summed E-state index contributed by atoms with van der Waals surface area (Å²) in [7, 11) is 0. The van der Waals surface area contributed by atoms with Crippen molar-refractivity contribution in [2.45, 2.75) is 18.9 Å². The lowest BCUT2D eigenvalue weighted by molar-refractivity contribution is 0.0679. The molecule has 1 aromatic heterocycles. The summed E-state index contributed by atoms with van der Waals surface area (Å²) in [6.07, 6.45) is 1.91. The van der Waals surface area contributed by atoms with Crippen LogP contribution in [0.2, 0.25) is 5.02 Å². The number of amides is 1. The number of hydrogen-bond acceptors (Lipinski definition) is 3. The van der Waals surface area contributed by atoms with Gasteiger partial charge in [0.25, 0.3) is 5.91 Å². The van der Waals surface area contributed by atoms with Crippen LogP contribution in [0.25, 0.3) is 11.0 Å². The first kappa shape index (κ1) is 12.5. The summed E-state index contributed by atoms with van der Waals surface area (Å²) in [6.45, 7) is 1.32. The molecule has 0 saturated carbocycles. The molecular formula is C14H15ClN2O2. The Bertz CT molecular complexity index is 623. The van der Waals surface area contributed by atoms with E-state index in [4.69, 9.17) is 21.8 Å². The van der Waals surface area contributed by atoms with Crippen LogP contribution in [0.15, 0.2) is 28.7 Å². The van der Waals surface area contributed by atoms with Crippen molar-refractivity contribution in [1.29, 1.82) is 0 Å². The van der Waals surface area contributed by atoms with Crippen LogP contribution in [0, 0.1) is 0 Å². The first-order valence-electron chi connectivity index (χ1n) is 6.38. The molecule has 1 aliphatic rings. The predicted molar refractivity (Wildman–Crippen MR) is 74.3 cm³/mol. The SMILES string of the molecule is N[C@@H]1CCCN(C(=O)c2cc3cccc(Cl)c3o2)C1. The molecule has 2 N–H and O–H groups in total. The summed E-state index contributed by atoms with van der Waals surface area (Å²) in [5, 5.41) is 1.36. The van der Waals surface area contributed by atoms with Crippen LogP contribution in [-0.2, 0) is 0 Å². The number of nitrogens with two attached hydrogens (primary N) is 1. The van der Waals surface area contributed by atoms with Gasteiger partial charge < -0.3 is 15.1 Å². The Morgan fingerprint density at radius 3 is 3.05 bits per heavy atom. The zero-order valence-corrected chi connectivity index (χ0v) is 11.2. The van der Waals surface area contributed by atoms with Crippen LogP contribution in [0.4, 0.5) is 0 Å². The second-order valence-electron chi connectivity index (χ2n) is 4.92. The molecule has 2 heterocycles. The zero-order chi connectivity index (χ0) is 13.4. The molecule has 1 atom stereocenters. The van der Waals surface area contributed by atoms with E-state index in [1.54, 1.807) is 17.0 Å². The fraction of sp³-hybridized carbons (Fsp3) is 0.357. The Balaban J connectivity index is 1.91. The van der Waals surface area contributed by atoms with Crippen LogP contribution in [-0.4, -0.2) is 29.9 Å². The molecule has 100 valence electrons. The number of piperidine rings is 1. The maximum Gasteiger partial charge on any atom is 0.289 e. The number of halogens is 1. The summed E-state index contributed by atoms with van der Waals surface area (Å²) in [5.41, 5.74) is 6.46. The number of likely N-dealkylation sites (tertiary alicyclic amines) is 1. The number of furan rings is 1. The topological polar surface area (TPSA) is 59.5 Å². The highest BCUT2D eigenvalue weighted by Gasteiger charge is 2.25. The first-order chi connectivity index (χ1) is 9.15. The Labute approximate surface area is 116 Å². The van der Waals surface area contributed by atoms with E-state index in [1.165, 1.54) is 0 Å². The van der Waals surface area contributed by atoms with E-state index in [0.717, 1.165) is 24.8 Å². The molecule has 2 aromatic rings. The zero-order valence-electron chi connectivity index (χ0n) is 10.4. The van der Waals surface area contributed by atoms with Gasteiger partial charge in [0.2, 0.25) is 0 Å². The normalized spacial score (nSPS) is 19.9. The van der Waals surface area contributed by atoms with Crippen molar-refractivity contribution in [2.24, 2.45) is 5.73 Å². The average molecular weight is 279 g/mol. The van der Waals surface area contributed by atoms with E-state index in [9.17, 15) is 4.79 Å². The third-order valence-corrected chi connectivity index (χ3v) is 3.75. The third-order valence-electron chi connectivity index (χ3n) is 3.45. The monoisotopic (exact) mass is 278 g/mol. The quantitative estimate of drug-likeness (QED) is 0.872. The van der Waals surface area contributed by atoms with Gasteiger partial charge in [0, 0.05) is 24.5 Å². The first-order valence-corrected chi connectivity index (χ1v) is 6.76. The standard InChI is InChI=1S/C14H15ClN2O2/c15-11-5-1-3-9-7-12(19-13(9)11)14(18)17-6-2-4-10(16)8-17/h1,3,5,7,10H,2,4,6,8,16H2/t10-/m1/s1. The van der Waals surface area contributed by atoms with Gasteiger partial charge in [0.05, 0.1) is 5.02 Å². The van der Waals surface area contributed by atoms with Gasteiger partial charge in [-0.25, -0.2) is 0 Å². The maximum atomic E-state index is 12.4. The Morgan fingerprint density at radius 2 is 2.32 bits per heavy atom. The Morgan fingerprint density at radius 1 is 1.47 bits per heavy atom. The van der Waals surface area contributed by atoms with E-state index >= 15 is 0 Å². The Kier molecular flexibility index (Phi) is 3.21. The molecule has 1 fully saturated rings. The minimum Gasteiger partial charge on any atom is -0.449 e. The number of benzene rings is 1. The number of fused-ring (bicyclic) bond motifs is 1. The molecule has 1 saturated heterocycles. The molecular weight excluding hydrogens is 264 g/mol. The molecule has 0 radical (unpaired) electrons. The number of carbonyl (C=O) groups is 1. The fourth-order valence-corrected chi connectivity index (χ4v) is 2.70. The van der Waals surface area contributed by atoms with Gasteiger partial charge in [-0.3, -0.25) is 4.79 Å². The van der Waals surface area contributed by atoms with Crippen LogP contribution >= 0.6 is 11.6 Å². The Hall–Kier alpha value is -1.52. The van der Waals surface area contributed by atoms with Gasteiger partial charge in [-0.1, -0.05) is 23.7 Å². The smallest absolute Gasteiger partial charge is 0.289 e. The van der Waals surface area contributed by atoms with E-state index in [2.05, 4.69) is 0 Å². The molecule has 0 spiro atoms. The highest BCUT2D eigenvalue weighted by atomic mass is 35.5. The second kappa shape index (κ2) is 4.87. The molecule has 4 nitrogen and oxygen atoms in total. The average Bonchev–Trinajstić information content (AvgIpc) is 2.83. The number of rotatable bonds is 1. The predicted octanol–water partition coefficient (Wildman–Crippen LogP) is 2.65. The van der Waals surface area contributed by atoms with Gasteiger partial charge in [0.15, 0.2) is 11.3 Å². The number of para-hydroxylation sites is 1. The van der Waals surface area contributed by atoms with Gasteiger partial charge in [-0.15, -0.1) is 0 Å². The molecule has 1 aliphatic heterocycles. The molecule has 0 aliphatic carbocycles. The molecule has 5 heteroatoms. The highest BCUT2D eigenvalue weighted by molar-refractivity contribution is 6.34. The number of hydrogen-bond donors (Lipinski definition) is 1. The molecule has 1 aromatic carbocycles. The van der Waals surface area contributed by atoms with Gasteiger partial charge in [-0.2, -0.15) is 0 Å². The lowest BCUT2D eigenvalue weighted by atomic mass is 10.1. The molecule has 3 rings (SSSR count). The molecule has 1 amide bonds. The highest BCUT2D eigenvalue weighted by Crippen LogP contribution is 2.27. The lowest BCUT2D eigenvalue weighted by Gasteiger charge is -2.29. The summed E-state index contributed by atoms with van der Waals surface area (Å²) in [4.78, 5) is 14.1. The van der Waals surface area contributed by atoms with E-state index in [0.29, 0.717) is 22.9 Å². The molecule has 0 bridgehead atoms. The van der Waals surface area contributed by atoms with Crippen molar-refractivity contribution in [1.82, 2.24) is 4.90 Å². The summed E-state index contributed by atoms with van der Waals surface area (Å²) >= 11 is 6.05. The van der Waals surface area contributed by atoms with Crippen LogP contribution in [0.5, 0.6) is 0 Å². The molecule has 19 heavy (non-hydrogen) atoms. The molecule has 0 unspecified atom stereocenters. The largest absolute Gasteiger partial charge is 0.449 e. The lowest BCUT2D eigenvalue weighted by Crippen LogP contribution is -2.45. The van der Waals surface area contributed by atoms with Gasteiger partial charge in [0.1, 0.15) is 0 Å². The summed E-state index contributed by atoms with van der Waals surface area (Å²) < 4.78 is 5.59. The summed E-state index contributed by atoms with van der Waals surface area (Å²) in [5.74, 6) is 0.222. The second-order valence-corrected chi connectivity index (χ2v) is 5.33. The van der Waals surface area contributed by atoms with Gasteiger partial charge in [-0.05, 0) is 25.0 Å². The number of nitrogens with zero attached hydrogens (tertiary/aromatic N) is 1. The van der Waals surface area contributed by atoms with Crippen molar-refractivity contribution in [2.75, 3.05) is 13.1 Å². The minimum atomic E-state index is -0.109. The van der Waals surface area contributed by atoms with E-state index < -0.39 is 0 Å². The fourth-order valence-electron chi connectivity index (χ4n) is 2.48. The van der Waals surface area contributed by atoms with Gasteiger partial charge >= 0.3 is 0 Å². The van der Waals surface area contributed by atoms with Crippen LogP contribution in [0.1, 0.15) is 23.4 Å². The van der Waals surface area contributed by atoms with Crippen molar-refractivity contribution < 1.29 is 9.21 Å².